The number of halogens is 3. The number of aromatic nitrogens is 1. The third-order valence-corrected chi connectivity index (χ3v) is 14.5. The van der Waals surface area contributed by atoms with Crippen molar-refractivity contribution >= 4 is 8.32 Å². The van der Waals surface area contributed by atoms with Gasteiger partial charge in [-0.25, -0.2) is 0 Å². The van der Waals surface area contributed by atoms with Crippen molar-refractivity contribution in [3.05, 3.63) is 63.0 Å². The molecule has 1 aromatic carbocycles. The fraction of sp³-hybridized carbons (Fsp3) is 0.647. The van der Waals surface area contributed by atoms with Crippen LogP contribution in [0.2, 0.25) is 18.1 Å². The monoisotopic (exact) mass is 614 g/mol. The smallest absolute Gasteiger partial charge is 0.417 e. The Labute approximate surface area is 255 Å². The van der Waals surface area contributed by atoms with Crippen molar-refractivity contribution in [1.82, 2.24) is 4.98 Å². The molecule has 2 atom stereocenters. The van der Waals surface area contributed by atoms with Crippen LogP contribution < -0.4 is 0 Å². The molecule has 1 fully saturated rings. The molecule has 1 aliphatic carbocycles. The van der Waals surface area contributed by atoms with Crippen molar-refractivity contribution in [2.45, 2.75) is 122 Å². The molecule has 0 amide bonds. The minimum atomic E-state index is -4.62. The SMILES string of the molecule is CC(C)c1nc2c(c3c1C(c1ccc(C(F)(F)F)c(C#N)c1)OC31CCOCC1)C(O[Si-](C)(C)C(C)(C)C)CC(C)(C)C2. The van der Waals surface area contributed by atoms with Crippen LogP contribution in [0.1, 0.15) is 131 Å². The molecule has 0 radical (unpaired) electrons. The summed E-state index contributed by atoms with van der Waals surface area (Å²) in [4.78, 5) is 5.35. The van der Waals surface area contributed by atoms with Crippen LogP contribution >= 0.6 is 0 Å². The number of hydrogen-bond donors (Lipinski definition) is 0. The first-order valence-electron chi connectivity index (χ1n) is 15.4. The van der Waals surface area contributed by atoms with E-state index in [2.05, 4.69) is 61.6 Å². The average molecular weight is 615 g/mol. The van der Waals surface area contributed by atoms with Gasteiger partial charge in [-0.3, -0.25) is 4.98 Å². The molecule has 43 heavy (non-hydrogen) atoms. The summed E-state index contributed by atoms with van der Waals surface area (Å²) in [6.45, 7) is 21.1. The van der Waals surface area contributed by atoms with Crippen molar-refractivity contribution in [1.29, 1.82) is 5.26 Å². The summed E-state index contributed by atoms with van der Waals surface area (Å²) in [5.41, 5.74) is 3.60. The van der Waals surface area contributed by atoms with Gasteiger partial charge in [-0.2, -0.15) is 18.4 Å². The maximum atomic E-state index is 13.7. The Morgan fingerprint density at radius 2 is 1.74 bits per heavy atom. The molecule has 235 valence electrons. The van der Waals surface area contributed by atoms with Crippen LogP contribution in [-0.2, 0) is 32.1 Å². The summed E-state index contributed by atoms with van der Waals surface area (Å²) >= 11 is 0. The highest BCUT2D eigenvalue weighted by Gasteiger charge is 2.53. The molecule has 3 aliphatic rings. The Morgan fingerprint density at radius 3 is 2.30 bits per heavy atom. The lowest BCUT2D eigenvalue weighted by Crippen LogP contribution is -2.45. The number of nitriles is 1. The highest BCUT2D eigenvalue weighted by atomic mass is 28.4. The fourth-order valence-electron chi connectivity index (χ4n) is 6.84. The fourth-order valence-corrected chi connectivity index (χ4v) is 8.10. The van der Waals surface area contributed by atoms with E-state index in [0.717, 1.165) is 47.0 Å². The van der Waals surface area contributed by atoms with Gasteiger partial charge in [0.15, 0.2) is 0 Å². The van der Waals surface area contributed by atoms with Gasteiger partial charge in [-0.1, -0.05) is 54.5 Å². The predicted octanol–water partition coefficient (Wildman–Crippen LogP) is 9.26. The highest BCUT2D eigenvalue weighted by molar-refractivity contribution is 6.74. The first-order valence-corrected chi connectivity index (χ1v) is 18.3. The minimum Gasteiger partial charge on any atom is -0.559 e. The zero-order chi connectivity index (χ0) is 31.8. The molecule has 5 rings (SSSR count). The van der Waals surface area contributed by atoms with Gasteiger partial charge in [0.1, 0.15) is 6.10 Å². The summed E-state index contributed by atoms with van der Waals surface area (Å²) in [5.74, 6) is 0.0508. The lowest BCUT2D eigenvalue weighted by molar-refractivity contribution is -0.138. The number of ether oxygens (including phenoxy) is 2. The third-order valence-electron chi connectivity index (χ3n) is 10.0. The van der Waals surface area contributed by atoms with Gasteiger partial charge < -0.3 is 13.9 Å². The molecule has 5 nitrogen and oxygen atoms in total. The first kappa shape index (κ1) is 32.1. The molecule has 9 heteroatoms. The largest absolute Gasteiger partial charge is 0.559 e. The Kier molecular flexibility index (Phi) is 7.99. The molecule has 0 bridgehead atoms. The van der Waals surface area contributed by atoms with Crippen LogP contribution in [-0.4, -0.2) is 26.5 Å². The van der Waals surface area contributed by atoms with Crippen LogP contribution in [0.3, 0.4) is 0 Å². The summed E-state index contributed by atoms with van der Waals surface area (Å²) in [6.07, 6.45) is -2.53. The Bertz CT molecular complexity index is 1450. The van der Waals surface area contributed by atoms with Crippen LogP contribution in [0, 0.1) is 16.7 Å². The van der Waals surface area contributed by atoms with E-state index in [0.29, 0.717) is 31.6 Å². The second kappa shape index (κ2) is 10.7. The standard InChI is InChI=1S/C34H45F3N2O3Si/c1-20(2)29-27-28(26-24(39-29)17-32(6,7)18-25(26)42-43(8,9)31(3,4)5)33(12-14-40-15-13-33)41-30(27)21-10-11-23(34(35,36)37)22(16-21)19-38/h10-11,16,20,25,30H,12-15,17-18H2,1-9H3/q-1. The average Bonchev–Trinajstić information content (AvgIpc) is 3.19. The van der Waals surface area contributed by atoms with Crippen molar-refractivity contribution in [3.8, 4) is 6.07 Å². The lowest BCUT2D eigenvalue weighted by atomic mass is 9.70. The van der Waals surface area contributed by atoms with Gasteiger partial charge in [0.05, 0.1) is 22.8 Å². The lowest BCUT2D eigenvalue weighted by Gasteiger charge is -2.53. The second-order valence-electron chi connectivity index (χ2n) is 15.2. The molecule has 0 N–H and O–H groups in total. The summed E-state index contributed by atoms with van der Waals surface area (Å²) in [6, 6.07) is 5.61. The van der Waals surface area contributed by atoms with Crippen molar-refractivity contribution in [2.75, 3.05) is 13.2 Å². The van der Waals surface area contributed by atoms with E-state index in [1.165, 1.54) is 12.1 Å². The van der Waals surface area contributed by atoms with Crippen molar-refractivity contribution < 1.29 is 27.1 Å². The Balaban J connectivity index is 1.79. The molecule has 1 spiro atoms. The molecule has 1 saturated heterocycles. The van der Waals surface area contributed by atoms with Gasteiger partial charge >= 0.3 is 6.18 Å². The van der Waals surface area contributed by atoms with E-state index >= 15 is 0 Å². The van der Waals surface area contributed by atoms with Crippen molar-refractivity contribution in [2.24, 2.45) is 5.41 Å². The van der Waals surface area contributed by atoms with E-state index in [1.54, 1.807) is 6.07 Å². The predicted molar refractivity (Wildman–Crippen MR) is 162 cm³/mol. The van der Waals surface area contributed by atoms with Gasteiger partial charge in [-0.05, 0) is 55.8 Å². The van der Waals surface area contributed by atoms with E-state index in [1.807, 2.05) is 0 Å². The number of fused-ring (bicyclic) bond motifs is 4. The number of nitrogens with zero attached hydrogens (tertiary/aromatic N) is 2. The van der Waals surface area contributed by atoms with Gasteiger partial charge in [-0.15, -0.1) is 18.1 Å². The van der Waals surface area contributed by atoms with E-state index in [4.69, 9.17) is 18.9 Å². The minimum absolute atomic E-state index is 0.00650. The molecule has 3 heterocycles. The molecule has 1 aromatic heterocycles. The molecule has 2 unspecified atom stereocenters. The van der Waals surface area contributed by atoms with E-state index in [-0.39, 0.29) is 22.5 Å². The summed E-state index contributed by atoms with van der Waals surface area (Å²) in [5, 5.41) is 9.72. The Morgan fingerprint density at radius 1 is 1.09 bits per heavy atom. The topological polar surface area (TPSA) is 64.4 Å². The highest BCUT2D eigenvalue weighted by Crippen LogP contribution is 2.59. The first-order chi connectivity index (χ1) is 19.8. The number of rotatable bonds is 4. The normalized spacial score (nSPS) is 23.3. The van der Waals surface area contributed by atoms with Gasteiger partial charge in [0, 0.05) is 54.7 Å². The maximum Gasteiger partial charge on any atom is 0.417 e. The number of hydrogen-bond acceptors (Lipinski definition) is 5. The molecule has 0 saturated carbocycles. The van der Waals surface area contributed by atoms with E-state index < -0.39 is 37.3 Å². The number of pyridine rings is 1. The molecule has 2 aliphatic heterocycles. The van der Waals surface area contributed by atoms with Crippen LogP contribution in [0.25, 0.3) is 0 Å². The van der Waals surface area contributed by atoms with Gasteiger partial charge in [0.2, 0.25) is 0 Å². The summed E-state index contributed by atoms with van der Waals surface area (Å²) < 4.78 is 61.3. The van der Waals surface area contributed by atoms with Crippen molar-refractivity contribution in [3.63, 3.8) is 0 Å². The molecule has 2 aromatic rings. The molecular formula is C34H45F3N2O3Si-. The second-order valence-corrected chi connectivity index (χ2v) is 20.0. The van der Waals surface area contributed by atoms with Crippen LogP contribution in [0.5, 0.6) is 0 Å². The summed E-state index contributed by atoms with van der Waals surface area (Å²) in [7, 11) is -2.21. The quantitative estimate of drug-likeness (QED) is 0.321. The van der Waals surface area contributed by atoms with E-state index in [9.17, 15) is 18.4 Å². The Hall–Kier alpha value is -2.25. The maximum absolute atomic E-state index is 13.7. The number of alkyl halides is 3. The van der Waals surface area contributed by atoms with Crippen LogP contribution in [0.15, 0.2) is 18.2 Å². The zero-order valence-corrected chi connectivity index (χ0v) is 28.0. The zero-order valence-electron chi connectivity index (χ0n) is 27.0. The third kappa shape index (κ3) is 5.69. The van der Waals surface area contributed by atoms with Gasteiger partial charge in [0.25, 0.3) is 0 Å². The number of benzene rings is 1. The van der Waals surface area contributed by atoms with Crippen LogP contribution in [0.4, 0.5) is 13.2 Å². The molecular weight excluding hydrogens is 569 g/mol.